The lowest BCUT2D eigenvalue weighted by atomic mass is 10.2. The van der Waals surface area contributed by atoms with Gasteiger partial charge in [0.15, 0.2) is 0 Å². The summed E-state index contributed by atoms with van der Waals surface area (Å²) in [5.74, 6) is -0.870. The summed E-state index contributed by atoms with van der Waals surface area (Å²) < 4.78 is 12.9. The molecule has 3 nitrogen and oxygen atoms in total. The molecule has 16 heavy (non-hydrogen) atoms. The van der Waals surface area contributed by atoms with Crippen LogP contribution in [-0.4, -0.2) is 11.9 Å². The second-order valence-corrected chi connectivity index (χ2v) is 4.29. The Bertz CT molecular complexity index is 387. The maximum absolute atomic E-state index is 12.9. The maximum atomic E-state index is 12.9. The molecule has 0 spiro atoms. The van der Waals surface area contributed by atoms with Crippen LogP contribution in [0.5, 0.6) is 0 Å². The highest BCUT2D eigenvalue weighted by molar-refractivity contribution is 6.39. The van der Waals surface area contributed by atoms with Gasteiger partial charge in [0.25, 0.3) is 0 Å². The van der Waals surface area contributed by atoms with Crippen LogP contribution < -0.4 is 11.1 Å². The average molecular weight is 265 g/mol. The molecule has 1 rings (SSSR count). The highest BCUT2D eigenvalue weighted by Crippen LogP contribution is 2.31. The van der Waals surface area contributed by atoms with Crippen molar-refractivity contribution in [3.63, 3.8) is 0 Å². The van der Waals surface area contributed by atoms with Gasteiger partial charge in [-0.25, -0.2) is 4.39 Å². The average Bonchev–Trinajstić information content (AvgIpc) is 2.09. The normalized spacial score (nSPS) is 12.3. The van der Waals surface area contributed by atoms with Crippen LogP contribution >= 0.6 is 23.2 Å². The molecule has 0 heterocycles. The van der Waals surface area contributed by atoms with E-state index >= 15 is 0 Å². The van der Waals surface area contributed by atoms with E-state index in [-0.39, 0.29) is 34.1 Å². The van der Waals surface area contributed by atoms with Crippen LogP contribution in [0.4, 0.5) is 10.1 Å². The topological polar surface area (TPSA) is 55.1 Å². The molecule has 88 valence electrons. The minimum absolute atomic E-state index is 0.0584. The molecule has 3 N–H and O–H groups in total. The van der Waals surface area contributed by atoms with Crippen LogP contribution in [0.1, 0.15) is 13.3 Å². The smallest absolute Gasteiger partial charge is 0.225 e. The van der Waals surface area contributed by atoms with Gasteiger partial charge in [0.2, 0.25) is 5.91 Å². The molecule has 0 bridgehead atoms. The Labute approximate surface area is 103 Å². The van der Waals surface area contributed by atoms with Crippen LogP contribution in [0.25, 0.3) is 0 Å². The molecule has 1 aromatic carbocycles. The standard InChI is InChI=1S/C10H11Cl2FN2O/c1-5(14)2-9(16)15-10-7(11)3-6(13)4-8(10)12/h3-5H,2,14H2,1H3,(H,15,16). The molecule has 0 fully saturated rings. The third kappa shape index (κ3) is 3.63. The first-order valence-corrected chi connectivity index (χ1v) is 5.35. The minimum Gasteiger partial charge on any atom is -0.327 e. The van der Waals surface area contributed by atoms with E-state index in [2.05, 4.69) is 5.32 Å². The number of anilines is 1. The van der Waals surface area contributed by atoms with E-state index in [1.54, 1.807) is 6.92 Å². The Morgan fingerprint density at radius 2 is 2.00 bits per heavy atom. The fourth-order valence-corrected chi connectivity index (χ4v) is 1.70. The molecule has 1 aromatic rings. The zero-order chi connectivity index (χ0) is 12.3. The first-order chi connectivity index (χ1) is 7.40. The Morgan fingerprint density at radius 1 is 1.50 bits per heavy atom. The van der Waals surface area contributed by atoms with Gasteiger partial charge in [-0.3, -0.25) is 4.79 Å². The molecule has 0 radical (unpaired) electrons. The monoisotopic (exact) mass is 264 g/mol. The summed E-state index contributed by atoms with van der Waals surface area (Å²) in [6.45, 7) is 1.70. The lowest BCUT2D eigenvalue weighted by Crippen LogP contribution is -2.24. The summed E-state index contributed by atoms with van der Waals surface area (Å²) in [7, 11) is 0. The van der Waals surface area contributed by atoms with Crippen molar-refractivity contribution in [1.29, 1.82) is 0 Å². The van der Waals surface area contributed by atoms with Crippen LogP contribution in [0.15, 0.2) is 12.1 Å². The zero-order valence-electron chi connectivity index (χ0n) is 8.56. The van der Waals surface area contributed by atoms with E-state index < -0.39 is 5.82 Å². The fraction of sp³-hybridized carbons (Fsp3) is 0.300. The second kappa shape index (κ2) is 5.48. The van der Waals surface area contributed by atoms with Crippen molar-refractivity contribution in [2.45, 2.75) is 19.4 Å². The molecule has 0 aliphatic rings. The number of benzene rings is 1. The van der Waals surface area contributed by atoms with Crippen molar-refractivity contribution in [3.05, 3.63) is 28.0 Å². The lowest BCUT2D eigenvalue weighted by molar-refractivity contribution is -0.116. The van der Waals surface area contributed by atoms with E-state index in [9.17, 15) is 9.18 Å². The van der Waals surface area contributed by atoms with E-state index in [0.717, 1.165) is 12.1 Å². The van der Waals surface area contributed by atoms with Gasteiger partial charge in [-0.1, -0.05) is 23.2 Å². The number of carbonyl (C=O) groups excluding carboxylic acids is 1. The van der Waals surface area contributed by atoms with Crippen molar-refractivity contribution in [1.82, 2.24) is 0 Å². The van der Waals surface area contributed by atoms with Gasteiger partial charge in [-0.2, -0.15) is 0 Å². The molecule has 1 atom stereocenters. The Kier molecular flexibility index (Phi) is 4.53. The minimum atomic E-state index is -0.555. The highest BCUT2D eigenvalue weighted by atomic mass is 35.5. The van der Waals surface area contributed by atoms with Crippen molar-refractivity contribution in [2.75, 3.05) is 5.32 Å². The lowest BCUT2D eigenvalue weighted by Gasteiger charge is -2.10. The zero-order valence-corrected chi connectivity index (χ0v) is 10.1. The molecule has 1 unspecified atom stereocenters. The highest BCUT2D eigenvalue weighted by Gasteiger charge is 2.12. The molecule has 0 aliphatic heterocycles. The number of hydrogen-bond donors (Lipinski definition) is 2. The van der Waals surface area contributed by atoms with Crippen molar-refractivity contribution in [3.8, 4) is 0 Å². The predicted molar refractivity (Wildman–Crippen MR) is 63.3 cm³/mol. The van der Waals surface area contributed by atoms with Crippen LogP contribution in [0, 0.1) is 5.82 Å². The van der Waals surface area contributed by atoms with Crippen LogP contribution in [-0.2, 0) is 4.79 Å². The number of carbonyl (C=O) groups is 1. The van der Waals surface area contributed by atoms with E-state index in [0.29, 0.717) is 0 Å². The van der Waals surface area contributed by atoms with Crippen molar-refractivity contribution in [2.24, 2.45) is 5.73 Å². The number of hydrogen-bond acceptors (Lipinski definition) is 2. The van der Waals surface area contributed by atoms with E-state index in [4.69, 9.17) is 28.9 Å². The van der Waals surface area contributed by atoms with E-state index in [1.807, 2.05) is 0 Å². The summed E-state index contributed by atoms with van der Waals surface area (Å²) in [6, 6.07) is 1.89. The second-order valence-electron chi connectivity index (χ2n) is 3.47. The number of rotatable bonds is 3. The summed E-state index contributed by atoms with van der Waals surface area (Å²) in [5.41, 5.74) is 5.66. The summed E-state index contributed by atoms with van der Waals surface area (Å²) in [4.78, 5) is 11.4. The Morgan fingerprint density at radius 3 is 2.44 bits per heavy atom. The molecule has 0 aromatic heterocycles. The Balaban J connectivity index is 2.85. The van der Waals surface area contributed by atoms with Gasteiger partial charge in [0, 0.05) is 12.5 Å². The predicted octanol–water partition coefficient (Wildman–Crippen LogP) is 2.81. The molecule has 1 amide bonds. The quantitative estimate of drug-likeness (QED) is 0.882. The first kappa shape index (κ1) is 13.2. The largest absolute Gasteiger partial charge is 0.327 e. The van der Waals surface area contributed by atoms with Gasteiger partial charge < -0.3 is 11.1 Å². The number of amides is 1. The number of halogens is 3. The first-order valence-electron chi connectivity index (χ1n) is 4.60. The molecule has 0 aliphatic carbocycles. The van der Waals surface area contributed by atoms with Gasteiger partial charge >= 0.3 is 0 Å². The van der Waals surface area contributed by atoms with Gasteiger partial charge in [-0.15, -0.1) is 0 Å². The molecule has 0 saturated carbocycles. The van der Waals surface area contributed by atoms with Crippen molar-refractivity contribution < 1.29 is 9.18 Å². The number of nitrogens with two attached hydrogens (primary N) is 1. The van der Waals surface area contributed by atoms with Crippen LogP contribution in [0.2, 0.25) is 10.0 Å². The third-order valence-corrected chi connectivity index (χ3v) is 2.37. The van der Waals surface area contributed by atoms with Crippen LogP contribution in [0.3, 0.4) is 0 Å². The molecule has 0 saturated heterocycles. The molecule has 6 heteroatoms. The van der Waals surface area contributed by atoms with Gasteiger partial charge in [0.05, 0.1) is 15.7 Å². The fourth-order valence-electron chi connectivity index (χ4n) is 1.14. The molecular formula is C10H11Cl2FN2O. The van der Waals surface area contributed by atoms with Crippen molar-refractivity contribution >= 4 is 34.8 Å². The summed E-state index contributed by atoms with van der Waals surface area (Å²) in [6.07, 6.45) is 0.143. The van der Waals surface area contributed by atoms with Gasteiger partial charge in [-0.05, 0) is 19.1 Å². The van der Waals surface area contributed by atoms with Gasteiger partial charge in [0.1, 0.15) is 5.82 Å². The summed E-state index contributed by atoms with van der Waals surface area (Å²) in [5, 5.41) is 2.60. The number of nitrogens with one attached hydrogen (secondary N) is 1. The van der Waals surface area contributed by atoms with E-state index in [1.165, 1.54) is 0 Å². The third-order valence-electron chi connectivity index (χ3n) is 1.78. The Hall–Kier alpha value is -0.840. The molecular weight excluding hydrogens is 254 g/mol. The maximum Gasteiger partial charge on any atom is 0.225 e. The SMILES string of the molecule is CC(N)CC(=O)Nc1c(Cl)cc(F)cc1Cl. The summed E-state index contributed by atoms with van der Waals surface area (Å²) >= 11 is 11.5.